The number of nitrogens with zero attached hydrogens (tertiary/aromatic N) is 2. The summed E-state index contributed by atoms with van der Waals surface area (Å²) in [7, 11) is 0. The SMILES string of the molecule is C[C@]12CCCC[C@H]1[C@H]2C(=O)N/N=C\c1ccc(-c2ccc([N+](=O)[O-])cc2)o1. The topological polar surface area (TPSA) is 97.7 Å². The summed E-state index contributed by atoms with van der Waals surface area (Å²) in [6.45, 7) is 2.20. The van der Waals surface area contributed by atoms with Gasteiger partial charge in [0.15, 0.2) is 0 Å². The van der Waals surface area contributed by atoms with Crippen LogP contribution >= 0.6 is 0 Å². The highest BCUT2D eigenvalue weighted by Gasteiger charge is 2.64. The second kappa shape index (κ2) is 6.64. The highest BCUT2D eigenvalue weighted by Crippen LogP contribution is 2.66. The number of nitro benzene ring substituents is 1. The number of rotatable bonds is 5. The van der Waals surface area contributed by atoms with Gasteiger partial charge in [0.2, 0.25) is 5.91 Å². The van der Waals surface area contributed by atoms with Gasteiger partial charge in [0, 0.05) is 23.6 Å². The lowest BCUT2D eigenvalue weighted by Gasteiger charge is -2.15. The van der Waals surface area contributed by atoms with Gasteiger partial charge < -0.3 is 4.42 Å². The molecule has 2 fully saturated rings. The molecule has 140 valence electrons. The molecular weight excluding hydrogens is 346 g/mol. The Morgan fingerprint density at radius 1 is 1.30 bits per heavy atom. The Hall–Kier alpha value is -2.96. The Bertz CT molecular complexity index is 902. The first-order valence-electron chi connectivity index (χ1n) is 9.16. The van der Waals surface area contributed by atoms with Gasteiger partial charge in [-0.15, -0.1) is 0 Å². The lowest BCUT2D eigenvalue weighted by atomic mass is 9.90. The van der Waals surface area contributed by atoms with Crippen molar-refractivity contribution in [2.24, 2.45) is 22.4 Å². The van der Waals surface area contributed by atoms with Crippen LogP contribution in [0.5, 0.6) is 0 Å². The van der Waals surface area contributed by atoms with Crippen molar-refractivity contribution in [1.29, 1.82) is 0 Å². The monoisotopic (exact) mass is 367 g/mol. The molecular formula is C20H21N3O4. The number of nitrogens with one attached hydrogen (secondary N) is 1. The maximum Gasteiger partial charge on any atom is 0.269 e. The number of benzene rings is 1. The molecule has 0 spiro atoms. The molecule has 1 aromatic carbocycles. The summed E-state index contributed by atoms with van der Waals surface area (Å²) in [5.41, 5.74) is 3.56. The van der Waals surface area contributed by atoms with Gasteiger partial charge in [-0.1, -0.05) is 19.8 Å². The highest BCUT2D eigenvalue weighted by atomic mass is 16.6. The van der Waals surface area contributed by atoms with Crippen LogP contribution < -0.4 is 5.43 Å². The van der Waals surface area contributed by atoms with Crippen LogP contribution in [0.1, 0.15) is 38.4 Å². The summed E-state index contributed by atoms with van der Waals surface area (Å²) >= 11 is 0. The molecule has 3 atom stereocenters. The minimum absolute atomic E-state index is 0.0113. The van der Waals surface area contributed by atoms with Crippen LogP contribution in [0.15, 0.2) is 45.9 Å². The van der Waals surface area contributed by atoms with E-state index in [0.717, 1.165) is 18.4 Å². The third-order valence-corrected chi connectivity index (χ3v) is 5.97. The van der Waals surface area contributed by atoms with E-state index in [-0.39, 0.29) is 22.9 Å². The number of non-ortho nitro benzene ring substituents is 1. The largest absolute Gasteiger partial charge is 0.455 e. The number of hydrogen-bond donors (Lipinski definition) is 1. The lowest BCUT2D eigenvalue weighted by Crippen LogP contribution is -2.22. The Balaban J connectivity index is 1.36. The molecule has 1 amide bonds. The van der Waals surface area contributed by atoms with Crippen molar-refractivity contribution in [2.75, 3.05) is 0 Å². The van der Waals surface area contributed by atoms with Gasteiger partial charge in [0.25, 0.3) is 5.69 Å². The molecule has 2 aromatic rings. The molecule has 1 heterocycles. The van der Waals surface area contributed by atoms with Crippen LogP contribution in [0.2, 0.25) is 0 Å². The first kappa shape index (κ1) is 17.5. The Morgan fingerprint density at radius 2 is 2.07 bits per heavy atom. The van der Waals surface area contributed by atoms with Crippen LogP contribution in [0.25, 0.3) is 11.3 Å². The number of hydrogen-bond acceptors (Lipinski definition) is 5. The minimum Gasteiger partial charge on any atom is -0.455 e. The number of fused-ring (bicyclic) bond motifs is 1. The molecule has 0 unspecified atom stereocenters. The maximum atomic E-state index is 12.4. The zero-order chi connectivity index (χ0) is 19.0. The second-order valence-electron chi connectivity index (χ2n) is 7.58. The molecule has 4 rings (SSSR count). The number of nitro groups is 1. The molecule has 7 heteroatoms. The molecule has 1 aromatic heterocycles. The van der Waals surface area contributed by atoms with Gasteiger partial charge in [-0.05, 0) is 48.4 Å². The first-order valence-corrected chi connectivity index (χ1v) is 9.16. The smallest absolute Gasteiger partial charge is 0.269 e. The van der Waals surface area contributed by atoms with Gasteiger partial charge in [-0.2, -0.15) is 5.10 Å². The third kappa shape index (κ3) is 3.25. The molecule has 0 aliphatic heterocycles. The van der Waals surface area contributed by atoms with E-state index in [9.17, 15) is 14.9 Å². The van der Waals surface area contributed by atoms with E-state index in [1.54, 1.807) is 24.3 Å². The van der Waals surface area contributed by atoms with Crippen LogP contribution in [-0.4, -0.2) is 17.0 Å². The molecule has 7 nitrogen and oxygen atoms in total. The number of furan rings is 1. The van der Waals surface area contributed by atoms with Gasteiger partial charge in [0.1, 0.15) is 11.5 Å². The van der Waals surface area contributed by atoms with Gasteiger partial charge in [0.05, 0.1) is 11.1 Å². The Labute approximate surface area is 156 Å². The molecule has 1 N–H and O–H groups in total. The lowest BCUT2D eigenvalue weighted by molar-refractivity contribution is -0.384. The molecule has 0 bridgehead atoms. The van der Waals surface area contributed by atoms with Gasteiger partial charge in [-0.25, -0.2) is 5.43 Å². The molecule has 2 saturated carbocycles. The van der Waals surface area contributed by atoms with Gasteiger partial charge >= 0.3 is 0 Å². The van der Waals surface area contributed by atoms with E-state index in [4.69, 9.17) is 4.42 Å². The minimum atomic E-state index is -0.441. The zero-order valence-corrected chi connectivity index (χ0v) is 15.1. The van der Waals surface area contributed by atoms with Crippen molar-refractivity contribution >= 4 is 17.8 Å². The molecule has 2 aliphatic rings. The van der Waals surface area contributed by atoms with Crippen LogP contribution in [0.4, 0.5) is 5.69 Å². The van der Waals surface area contributed by atoms with Gasteiger partial charge in [-0.3, -0.25) is 14.9 Å². The van der Waals surface area contributed by atoms with Crippen LogP contribution in [-0.2, 0) is 4.79 Å². The van der Waals surface area contributed by atoms with E-state index < -0.39 is 4.92 Å². The van der Waals surface area contributed by atoms with Crippen molar-refractivity contribution < 1.29 is 14.1 Å². The Kier molecular flexibility index (Phi) is 4.30. The van der Waals surface area contributed by atoms with Crippen LogP contribution in [0.3, 0.4) is 0 Å². The van der Waals surface area contributed by atoms with E-state index in [2.05, 4.69) is 17.5 Å². The summed E-state index contributed by atoms with van der Waals surface area (Å²) in [5.74, 6) is 1.65. The number of amides is 1. The van der Waals surface area contributed by atoms with Crippen molar-refractivity contribution in [1.82, 2.24) is 5.43 Å². The predicted molar refractivity (Wildman–Crippen MR) is 100 cm³/mol. The zero-order valence-electron chi connectivity index (χ0n) is 15.1. The van der Waals surface area contributed by atoms with E-state index in [0.29, 0.717) is 17.4 Å². The summed E-state index contributed by atoms with van der Waals surface area (Å²) in [5, 5.41) is 14.7. The normalized spacial score (nSPS) is 26.6. The second-order valence-corrected chi connectivity index (χ2v) is 7.58. The fraction of sp³-hybridized carbons (Fsp3) is 0.400. The van der Waals surface area contributed by atoms with Crippen LogP contribution in [0, 0.1) is 27.4 Å². The average Bonchev–Trinajstić information content (AvgIpc) is 3.03. The number of hydrazone groups is 1. The molecule has 27 heavy (non-hydrogen) atoms. The van der Waals surface area contributed by atoms with Crippen molar-refractivity contribution in [2.45, 2.75) is 32.6 Å². The quantitative estimate of drug-likeness (QED) is 0.488. The molecule has 2 aliphatic carbocycles. The number of carbonyl (C=O) groups excluding carboxylic acids is 1. The van der Waals surface area contributed by atoms with E-state index in [1.807, 2.05) is 0 Å². The maximum absolute atomic E-state index is 12.4. The van der Waals surface area contributed by atoms with E-state index in [1.165, 1.54) is 31.2 Å². The van der Waals surface area contributed by atoms with Crippen molar-refractivity contribution in [3.63, 3.8) is 0 Å². The third-order valence-electron chi connectivity index (χ3n) is 5.97. The summed E-state index contributed by atoms with van der Waals surface area (Å²) < 4.78 is 5.67. The molecule has 0 saturated heterocycles. The average molecular weight is 367 g/mol. The Morgan fingerprint density at radius 3 is 2.74 bits per heavy atom. The fourth-order valence-electron chi connectivity index (χ4n) is 4.40. The summed E-state index contributed by atoms with van der Waals surface area (Å²) in [6, 6.07) is 9.64. The van der Waals surface area contributed by atoms with E-state index >= 15 is 0 Å². The fourth-order valence-corrected chi connectivity index (χ4v) is 4.40. The number of carbonyl (C=O) groups is 1. The van der Waals surface area contributed by atoms with Crippen molar-refractivity contribution in [3.05, 3.63) is 52.3 Å². The summed E-state index contributed by atoms with van der Waals surface area (Å²) in [4.78, 5) is 22.6. The first-order chi connectivity index (χ1) is 13.0. The summed E-state index contributed by atoms with van der Waals surface area (Å²) in [6.07, 6.45) is 6.15. The highest BCUT2D eigenvalue weighted by molar-refractivity contribution is 5.85. The standard InChI is InChI=1S/C20H21N3O4/c1-20-11-3-2-4-16(20)18(20)19(24)22-21-12-15-9-10-17(27-15)13-5-7-14(8-6-13)23(25)26/h5-10,12,16,18H,2-4,11H2,1H3,(H,22,24)/b21-12-/t16-,18-,20-/m0/s1. The van der Waals surface area contributed by atoms with Crippen molar-refractivity contribution in [3.8, 4) is 11.3 Å². The predicted octanol–water partition coefficient (Wildman–Crippen LogP) is 4.13. The molecule has 0 radical (unpaired) electrons.